The van der Waals surface area contributed by atoms with Crippen LogP contribution < -0.4 is 10.2 Å². The molecule has 2 aromatic heterocycles. The SMILES string of the molecule is Cl.O=C(Nc1cnc(N2CCN3CCC2CC3)nc1)c1ccco1. The van der Waals surface area contributed by atoms with Gasteiger partial charge in [0.05, 0.1) is 24.3 Å². The quantitative estimate of drug-likeness (QED) is 0.913. The monoisotopic (exact) mass is 349 g/mol. The number of rotatable bonds is 3. The molecule has 5 heterocycles. The van der Waals surface area contributed by atoms with Crippen molar-refractivity contribution in [3.05, 3.63) is 36.5 Å². The molecule has 8 heteroatoms. The van der Waals surface area contributed by atoms with Gasteiger partial charge in [-0.05, 0) is 25.0 Å². The van der Waals surface area contributed by atoms with Crippen molar-refractivity contribution in [3.8, 4) is 0 Å². The first-order valence-electron chi connectivity index (χ1n) is 7.95. The Balaban J connectivity index is 0.00000169. The summed E-state index contributed by atoms with van der Waals surface area (Å²) in [5.41, 5.74) is 0.568. The number of piperidine rings is 1. The van der Waals surface area contributed by atoms with E-state index in [1.165, 1.54) is 32.2 Å². The van der Waals surface area contributed by atoms with Crippen molar-refractivity contribution in [1.82, 2.24) is 14.9 Å². The number of aromatic nitrogens is 2. The van der Waals surface area contributed by atoms with Crippen LogP contribution in [0.1, 0.15) is 23.4 Å². The predicted molar refractivity (Wildman–Crippen MR) is 92.7 cm³/mol. The molecule has 2 aromatic rings. The Hall–Kier alpha value is -2.12. The number of nitrogens with one attached hydrogen (secondary N) is 1. The van der Waals surface area contributed by atoms with Gasteiger partial charge in [-0.25, -0.2) is 9.97 Å². The molecule has 128 valence electrons. The molecule has 2 bridgehead atoms. The lowest BCUT2D eigenvalue weighted by Gasteiger charge is -2.31. The molecule has 3 saturated heterocycles. The number of hydrogen-bond donors (Lipinski definition) is 1. The minimum absolute atomic E-state index is 0. The van der Waals surface area contributed by atoms with Crippen molar-refractivity contribution < 1.29 is 9.21 Å². The number of halogens is 1. The highest BCUT2D eigenvalue weighted by Crippen LogP contribution is 2.24. The van der Waals surface area contributed by atoms with Crippen molar-refractivity contribution in [2.24, 2.45) is 0 Å². The number of anilines is 2. The molecule has 7 nitrogen and oxygen atoms in total. The van der Waals surface area contributed by atoms with Gasteiger partial charge in [0.15, 0.2) is 5.76 Å². The Kier molecular flexibility index (Phi) is 5.01. The summed E-state index contributed by atoms with van der Waals surface area (Å²) in [7, 11) is 0. The number of carbonyl (C=O) groups is 1. The largest absolute Gasteiger partial charge is 0.459 e. The van der Waals surface area contributed by atoms with Crippen LogP contribution in [0.3, 0.4) is 0 Å². The molecular weight excluding hydrogens is 330 g/mol. The third-order valence-electron chi connectivity index (χ3n) is 4.55. The van der Waals surface area contributed by atoms with Crippen LogP contribution >= 0.6 is 12.4 Å². The molecule has 0 aliphatic carbocycles. The average molecular weight is 350 g/mol. The average Bonchev–Trinajstić information content (AvgIpc) is 2.97. The maximum absolute atomic E-state index is 11.9. The highest BCUT2D eigenvalue weighted by Gasteiger charge is 2.30. The molecule has 1 amide bonds. The van der Waals surface area contributed by atoms with Gasteiger partial charge in [-0.15, -0.1) is 12.4 Å². The normalized spacial score (nSPS) is 22.6. The molecular formula is C16H20ClN5O2. The van der Waals surface area contributed by atoms with Gasteiger partial charge in [0, 0.05) is 32.2 Å². The molecule has 3 fully saturated rings. The molecule has 0 radical (unpaired) electrons. The first kappa shape index (κ1) is 16.7. The van der Waals surface area contributed by atoms with Gasteiger partial charge < -0.3 is 19.5 Å². The molecule has 0 spiro atoms. The van der Waals surface area contributed by atoms with Crippen LogP contribution in [0.15, 0.2) is 35.2 Å². The van der Waals surface area contributed by atoms with Gasteiger partial charge >= 0.3 is 0 Å². The Labute approximate surface area is 146 Å². The summed E-state index contributed by atoms with van der Waals surface area (Å²) >= 11 is 0. The van der Waals surface area contributed by atoms with Gasteiger partial charge in [0.1, 0.15) is 0 Å². The second-order valence-corrected chi connectivity index (χ2v) is 5.97. The van der Waals surface area contributed by atoms with Crippen molar-refractivity contribution in [2.45, 2.75) is 18.9 Å². The van der Waals surface area contributed by atoms with E-state index in [0.29, 0.717) is 11.7 Å². The van der Waals surface area contributed by atoms with E-state index in [4.69, 9.17) is 4.42 Å². The van der Waals surface area contributed by atoms with Crippen LogP contribution in [-0.4, -0.2) is 53.0 Å². The van der Waals surface area contributed by atoms with Crippen LogP contribution in [-0.2, 0) is 0 Å². The zero-order valence-electron chi connectivity index (χ0n) is 13.2. The standard InChI is InChI=1S/C16H19N5O2.ClH/c22-15(14-2-1-9-23-14)19-12-10-17-16(18-11-12)21-8-7-20-5-3-13(21)4-6-20;/h1-2,9-11,13H,3-8H2,(H,19,22);1H. The molecule has 3 aliphatic rings. The molecule has 5 rings (SSSR count). The maximum atomic E-state index is 11.9. The van der Waals surface area contributed by atoms with Crippen LogP contribution in [0, 0.1) is 0 Å². The first-order chi connectivity index (χ1) is 11.3. The van der Waals surface area contributed by atoms with Crippen LogP contribution in [0.2, 0.25) is 0 Å². The summed E-state index contributed by atoms with van der Waals surface area (Å²) in [4.78, 5) is 25.6. The number of nitrogens with zero attached hydrogens (tertiary/aromatic N) is 4. The van der Waals surface area contributed by atoms with Crippen LogP contribution in [0.5, 0.6) is 0 Å². The number of fused-ring (bicyclic) bond motifs is 4. The van der Waals surface area contributed by atoms with Crippen LogP contribution in [0.4, 0.5) is 11.6 Å². The van der Waals surface area contributed by atoms with E-state index in [-0.39, 0.29) is 24.1 Å². The highest BCUT2D eigenvalue weighted by atomic mass is 35.5. The smallest absolute Gasteiger partial charge is 0.291 e. The number of hydrogen-bond acceptors (Lipinski definition) is 6. The fraction of sp³-hybridized carbons (Fsp3) is 0.438. The molecule has 0 saturated carbocycles. The first-order valence-corrected chi connectivity index (χ1v) is 7.95. The van der Waals surface area contributed by atoms with Crippen molar-refractivity contribution in [2.75, 3.05) is 36.4 Å². The molecule has 0 atom stereocenters. The molecule has 1 N–H and O–H groups in total. The second-order valence-electron chi connectivity index (χ2n) is 5.97. The zero-order valence-corrected chi connectivity index (χ0v) is 14.0. The van der Waals surface area contributed by atoms with Gasteiger partial charge in [-0.3, -0.25) is 4.79 Å². The maximum Gasteiger partial charge on any atom is 0.291 e. The molecule has 0 unspecified atom stereocenters. The summed E-state index contributed by atoms with van der Waals surface area (Å²) in [5.74, 6) is 0.718. The number of carbonyl (C=O) groups excluding carboxylic acids is 1. The Morgan fingerprint density at radius 3 is 2.58 bits per heavy atom. The third-order valence-corrected chi connectivity index (χ3v) is 4.55. The Bertz CT molecular complexity index is 668. The summed E-state index contributed by atoms with van der Waals surface area (Å²) < 4.78 is 5.07. The van der Waals surface area contributed by atoms with Crippen LogP contribution in [0.25, 0.3) is 0 Å². The summed E-state index contributed by atoms with van der Waals surface area (Å²) in [6.45, 7) is 4.36. The zero-order chi connectivity index (χ0) is 15.6. The Morgan fingerprint density at radius 2 is 1.92 bits per heavy atom. The predicted octanol–water partition coefficient (Wildman–Crippen LogP) is 2.03. The van der Waals surface area contributed by atoms with Crippen molar-refractivity contribution in [3.63, 3.8) is 0 Å². The summed E-state index contributed by atoms with van der Waals surface area (Å²) in [6, 6.07) is 3.82. The fourth-order valence-electron chi connectivity index (χ4n) is 3.28. The summed E-state index contributed by atoms with van der Waals surface area (Å²) in [6.07, 6.45) is 7.11. The lowest BCUT2D eigenvalue weighted by molar-refractivity contribution is 0.0996. The van der Waals surface area contributed by atoms with Gasteiger partial charge in [-0.1, -0.05) is 0 Å². The van der Waals surface area contributed by atoms with E-state index >= 15 is 0 Å². The number of amides is 1. The number of furan rings is 1. The minimum Gasteiger partial charge on any atom is -0.459 e. The Morgan fingerprint density at radius 1 is 1.17 bits per heavy atom. The van der Waals surface area contributed by atoms with Gasteiger partial charge in [0.25, 0.3) is 5.91 Å². The molecule has 24 heavy (non-hydrogen) atoms. The van der Waals surface area contributed by atoms with E-state index in [2.05, 4.69) is 25.1 Å². The van der Waals surface area contributed by atoms with E-state index < -0.39 is 0 Å². The fourth-order valence-corrected chi connectivity index (χ4v) is 3.28. The van der Waals surface area contributed by atoms with Gasteiger partial charge in [-0.2, -0.15) is 0 Å². The summed E-state index contributed by atoms with van der Waals surface area (Å²) in [5, 5.41) is 2.74. The van der Waals surface area contributed by atoms with Crippen molar-refractivity contribution in [1.29, 1.82) is 0 Å². The van der Waals surface area contributed by atoms with E-state index in [1.807, 2.05) is 0 Å². The third kappa shape index (κ3) is 3.37. The lowest BCUT2D eigenvalue weighted by atomic mass is 10.1. The van der Waals surface area contributed by atoms with E-state index in [9.17, 15) is 4.79 Å². The second kappa shape index (κ2) is 7.19. The minimum atomic E-state index is -0.299. The lowest BCUT2D eigenvalue weighted by Crippen LogP contribution is -2.38. The molecule has 0 aromatic carbocycles. The topological polar surface area (TPSA) is 74.5 Å². The molecule has 3 aliphatic heterocycles. The van der Waals surface area contributed by atoms with Crippen molar-refractivity contribution >= 4 is 29.9 Å². The van der Waals surface area contributed by atoms with Gasteiger partial charge in [0.2, 0.25) is 5.95 Å². The van der Waals surface area contributed by atoms with E-state index in [1.54, 1.807) is 24.5 Å². The van der Waals surface area contributed by atoms with E-state index in [0.717, 1.165) is 19.0 Å². The highest BCUT2D eigenvalue weighted by molar-refractivity contribution is 6.02.